The van der Waals surface area contributed by atoms with Crippen molar-refractivity contribution in [2.75, 3.05) is 59.8 Å². The van der Waals surface area contributed by atoms with Gasteiger partial charge in [0.25, 0.3) is 0 Å². The number of carboxylic acid groups (broad SMARTS) is 1. The zero-order valence-corrected chi connectivity index (χ0v) is 37.4. The molecule has 0 aliphatic rings. The third kappa shape index (κ3) is 37.4. The predicted octanol–water partition coefficient (Wildman–Crippen LogP) is 5.56. The Balaban J connectivity index is 4.04. The highest BCUT2D eigenvalue weighted by Gasteiger charge is 2.27. The summed E-state index contributed by atoms with van der Waals surface area (Å²) < 4.78 is 31.5. The largest absolute Gasteiger partial charge is 0.479 e. The lowest BCUT2D eigenvalue weighted by Crippen LogP contribution is -2.44. The maximum absolute atomic E-state index is 12.9. The topological polar surface area (TPSA) is 214 Å². The van der Waals surface area contributed by atoms with Gasteiger partial charge in [-0.1, -0.05) is 77.0 Å². The Labute approximate surface area is 353 Å². The first-order valence-electron chi connectivity index (χ1n) is 21.7. The van der Waals surface area contributed by atoms with Crippen LogP contribution in [0.5, 0.6) is 0 Å². The molecule has 0 aromatic rings. The number of hydrogen-bond donors (Lipinski definition) is 4. The van der Waals surface area contributed by atoms with Crippen LogP contribution in [-0.4, -0.2) is 124 Å². The van der Waals surface area contributed by atoms with E-state index in [9.17, 15) is 28.8 Å². The van der Waals surface area contributed by atoms with Crippen LogP contribution in [0.3, 0.4) is 0 Å². The zero-order chi connectivity index (χ0) is 44.4. The molecule has 0 spiro atoms. The quantitative estimate of drug-likeness (QED) is 0.0446. The molecule has 0 aromatic carbocycles. The first kappa shape index (κ1) is 55.7. The highest BCUT2D eigenvalue weighted by atomic mass is 16.6. The molecule has 0 saturated carbocycles. The summed E-state index contributed by atoms with van der Waals surface area (Å²) in [4.78, 5) is 72.5. The molecule has 0 aliphatic heterocycles. The van der Waals surface area contributed by atoms with Crippen LogP contribution in [0.2, 0.25) is 0 Å². The van der Waals surface area contributed by atoms with Crippen LogP contribution in [0.1, 0.15) is 157 Å². The van der Waals surface area contributed by atoms with Crippen molar-refractivity contribution in [1.82, 2.24) is 16.0 Å². The number of esters is 2. The Morgan fingerprint density at radius 2 is 1.02 bits per heavy atom. The molecule has 0 saturated heterocycles. The number of ether oxygens (including phenoxy) is 6. The summed E-state index contributed by atoms with van der Waals surface area (Å²) in [6.07, 6.45) is 15.5. The number of amides is 3. The van der Waals surface area contributed by atoms with Crippen LogP contribution in [0.15, 0.2) is 0 Å². The highest BCUT2D eigenvalue weighted by Crippen LogP contribution is 2.16. The molecule has 59 heavy (non-hydrogen) atoms. The Kier molecular flexibility index (Phi) is 32.4. The van der Waals surface area contributed by atoms with Crippen molar-refractivity contribution in [3.8, 4) is 0 Å². The van der Waals surface area contributed by atoms with Gasteiger partial charge in [0.15, 0.2) is 6.10 Å². The lowest BCUT2D eigenvalue weighted by Gasteiger charge is -2.24. The van der Waals surface area contributed by atoms with Crippen molar-refractivity contribution in [2.24, 2.45) is 0 Å². The van der Waals surface area contributed by atoms with Crippen LogP contribution in [-0.2, 0) is 57.2 Å². The van der Waals surface area contributed by atoms with E-state index in [1.54, 1.807) is 20.8 Å². The lowest BCUT2D eigenvalue weighted by molar-refractivity contribution is -0.159. The molecule has 0 radical (unpaired) electrons. The molecule has 16 heteroatoms. The normalized spacial score (nSPS) is 12.7. The molecule has 16 nitrogen and oxygen atoms in total. The number of nitrogens with one attached hydrogen (secondary N) is 3. The number of carbonyl (C=O) groups excluding carboxylic acids is 5. The smallest absolute Gasteiger partial charge is 0.335 e. The van der Waals surface area contributed by atoms with E-state index in [-0.39, 0.29) is 89.3 Å². The van der Waals surface area contributed by atoms with E-state index in [2.05, 4.69) is 16.0 Å². The van der Waals surface area contributed by atoms with Crippen LogP contribution in [0.4, 0.5) is 0 Å². The van der Waals surface area contributed by atoms with E-state index in [0.717, 1.165) is 38.5 Å². The summed E-state index contributed by atoms with van der Waals surface area (Å²) in [6.45, 7) is 11.7. The zero-order valence-electron chi connectivity index (χ0n) is 37.4. The molecular weight excluding hydrogens is 766 g/mol. The molecule has 3 amide bonds. The number of carboxylic acids is 1. The molecule has 0 heterocycles. The third-order valence-electron chi connectivity index (χ3n) is 8.71. The van der Waals surface area contributed by atoms with E-state index in [0.29, 0.717) is 12.8 Å². The molecule has 0 bridgehead atoms. The molecular formula is C43H79N3O13. The van der Waals surface area contributed by atoms with Crippen molar-refractivity contribution < 1.29 is 62.3 Å². The van der Waals surface area contributed by atoms with E-state index < -0.39 is 35.3 Å². The van der Waals surface area contributed by atoms with Gasteiger partial charge in [-0.05, 0) is 60.8 Å². The van der Waals surface area contributed by atoms with Crippen LogP contribution < -0.4 is 16.0 Å². The van der Waals surface area contributed by atoms with E-state index in [4.69, 9.17) is 33.5 Å². The van der Waals surface area contributed by atoms with Crippen molar-refractivity contribution in [3.63, 3.8) is 0 Å². The minimum atomic E-state index is -1.13. The molecule has 2 atom stereocenters. The van der Waals surface area contributed by atoms with Gasteiger partial charge < -0.3 is 49.5 Å². The maximum atomic E-state index is 12.9. The second-order valence-corrected chi connectivity index (χ2v) is 16.7. The number of methoxy groups -OCH3 is 1. The van der Waals surface area contributed by atoms with Gasteiger partial charge in [-0.2, -0.15) is 0 Å². The van der Waals surface area contributed by atoms with Gasteiger partial charge in [0.2, 0.25) is 17.7 Å². The first-order chi connectivity index (χ1) is 27.9. The molecule has 4 N–H and O–H groups in total. The summed E-state index contributed by atoms with van der Waals surface area (Å²) >= 11 is 0. The minimum Gasteiger partial charge on any atom is -0.479 e. The van der Waals surface area contributed by atoms with Gasteiger partial charge in [-0.3, -0.25) is 19.2 Å². The number of hydrogen-bond acceptors (Lipinski definition) is 12. The predicted molar refractivity (Wildman–Crippen MR) is 224 cm³/mol. The Hall–Kier alpha value is -3.34. The second-order valence-electron chi connectivity index (χ2n) is 16.7. The third-order valence-corrected chi connectivity index (χ3v) is 8.71. The number of aliphatic carboxylic acids is 1. The van der Waals surface area contributed by atoms with E-state index in [1.807, 2.05) is 20.8 Å². The molecule has 0 rings (SSSR count). The summed E-state index contributed by atoms with van der Waals surface area (Å²) in [6, 6.07) is -0.935. The Morgan fingerprint density at radius 3 is 1.53 bits per heavy atom. The van der Waals surface area contributed by atoms with E-state index in [1.165, 1.54) is 58.5 Å². The molecule has 344 valence electrons. The summed E-state index contributed by atoms with van der Waals surface area (Å²) in [7, 11) is 1.27. The van der Waals surface area contributed by atoms with Crippen molar-refractivity contribution in [1.29, 1.82) is 0 Å². The average Bonchev–Trinajstić information content (AvgIpc) is 3.13. The van der Waals surface area contributed by atoms with Crippen molar-refractivity contribution in [3.05, 3.63) is 0 Å². The fourth-order valence-corrected chi connectivity index (χ4v) is 5.71. The van der Waals surface area contributed by atoms with Crippen molar-refractivity contribution in [2.45, 2.75) is 180 Å². The van der Waals surface area contributed by atoms with Crippen LogP contribution in [0.25, 0.3) is 0 Å². The molecule has 0 aliphatic carbocycles. The highest BCUT2D eigenvalue weighted by molar-refractivity contribution is 5.85. The summed E-state index contributed by atoms with van der Waals surface area (Å²) in [5.74, 6) is -2.70. The van der Waals surface area contributed by atoms with Gasteiger partial charge in [-0.15, -0.1) is 0 Å². The first-order valence-corrected chi connectivity index (χ1v) is 21.7. The molecule has 0 aromatic heterocycles. The fourth-order valence-electron chi connectivity index (χ4n) is 5.71. The lowest BCUT2D eigenvalue weighted by atomic mass is 10.0. The second kappa shape index (κ2) is 34.4. The van der Waals surface area contributed by atoms with Gasteiger partial charge in [0, 0.05) is 39.5 Å². The Bertz CT molecular complexity index is 1170. The van der Waals surface area contributed by atoms with E-state index >= 15 is 0 Å². The standard InChI is InChI=1S/C43H79N3O13/c1-42(2,3)58-39(50)23-21-19-17-15-13-11-9-8-10-12-14-16-18-20-22-37(48)46-34(41(53)59-43(4,5)6)24-25-36(47)44-26-28-55-30-31-57-33-38(49)45-27-29-56-32-35(54-7)40(51)52/h34-35H,8-33H2,1-7H3,(H,44,47)(H,45,49)(H,46,48)(H,51,52)/t34-,35?/m0/s1. The summed E-state index contributed by atoms with van der Waals surface area (Å²) in [5, 5.41) is 17.0. The van der Waals surface area contributed by atoms with Crippen LogP contribution in [0, 0.1) is 0 Å². The number of rotatable bonds is 37. The fraction of sp³-hybridized carbons (Fsp3) is 0.860. The van der Waals surface area contributed by atoms with Crippen LogP contribution >= 0.6 is 0 Å². The monoisotopic (exact) mass is 846 g/mol. The Morgan fingerprint density at radius 1 is 0.542 bits per heavy atom. The SMILES string of the molecule is COC(COCCNC(=O)COCCOCCNC(=O)CC[C@H](NC(=O)CCCCCCCCCCCCCCCCC(=O)OC(C)(C)C)C(=O)OC(C)(C)C)C(=O)O. The van der Waals surface area contributed by atoms with Gasteiger partial charge in [0.1, 0.15) is 23.9 Å². The molecule has 1 unspecified atom stereocenters. The van der Waals surface area contributed by atoms with Gasteiger partial charge in [-0.25, -0.2) is 9.59 Å². The maximum Gasteiger partial charge on any atom is 0.335 e. The summed E-state index contributed by atoms with van der Waals surface area (Å²) in [5.41, 5.74) is -1.15. The average molecular weight is 846 g/mol. The number of unbranched alkanes of at least 4 members (excludes halogenated alkanes) is 13. The number of carbonyl (C=O) groups is 6. The molecule has 0 fully saturated rings. The van der Waals surface area contributed by atoms with Gasteiger partial charge in [0.05, 0.1) is 33.0 Å². The minimum absolute atomic E-state index is 0.0113. The van der Waals surface area contributed by atoms with Crippen molar-refractivity contribution >= 4 is 35.6 Å². The van der Waals surface area contributed by atoms with Gasteiger partial charge >= 0.3 is 17.9 Å².